The molecule has 0 rings (SSSR count). The zero-order chi connectivity index (χ0) is 71.8. The van der Waals surface area contributed by atoms with Crippen molar-refractivity contribution >= 4 is 39.5 Å². The second-order valence-corrected chi connectivity index (χ2v) is 27.4. The van der Waals surface area contributed by atoms with Gasteiger partial charge in [-0.2, -0.15) is 0 Å². The lowest BCUT2D eigenvalue weighted by molar-refractivity contribution is -0.161. The van der Waals surface area contributed by atoms with Crippen LogP contribution in [0.5, 0.6) is 0 Å². The third kappa shape index (κ3) is 69.7. The molecule has 0 aliphatic rings. The number of carbonyl (C=O) groups is 4. The van der Waals surface area contributed by atoms with Gasteiger partial charge in [-0.25, -0.2) is 9.13 Å². The number of esters is 4. The number of rotatable bonds is 69. The summed E-state index contributed by atoms with van der Waals surface area (Å²) in [5.41, 5.74) is 0. The van der Waals surface area contributed by atoms with E-state index in [1.807, 2.05) is 18.2 Å². The number of aliphatic hydroxyl groups is 1. The topological polar surface area (TPSA) is 237 Å². The average Bonchev–Trinajstić information content (AvgIpc) is 0.983. The summed E-state index contributed by atoms with van der Waals surface area (Å²) in [6.07, 6.45) is 77.7. The van der Waals surface area contributed by atoms with Crippen molar-refractivity contribution in [3.05, 3.63) is 134 Å². The number of unbranched alkanes of at least 4 members (excludes halogenated alkanes) is 22. The second kappa shape index (κ2) is 70.6. The maximum Gasteiger partial charge on any atom is 0.472 e. The Balaban J connectivity index is 5.38. The van der Waals surface area contributed by atoms with E-state index in [1.54, 1.807) is 6.08 Å². The van der Waals surface area contributed by atoms with Crippen molar-refractivity contribution in [3.63, 3.8) is 0 Å². The number of allylic oxidation sites excluding steroid dienone is 21. The fourth-order valence-corrected chi connectivity index (χ4v) is 11.0. The van der Waals surface area contributed by atoms with E-state index in [4.69, 9.17) is 37.0 Å². The van der Waals surface area contributed by atoms with E-state index in [0.29, 0.717) is 25.7 Å². The van der Waals surface area contributed by atoms with Gasteiger partial charge in [0.25, 0.3) is 0 Å². The molecule has 0 saturated carbocycles. The Morgan fingerprint density at radius 2 is 0.582 bits per heavy atom. The number of hydrogen-bond donors (Lipinski definition) is 3. The molecule has 5 atom stereocenters. The molecule has 0 heterocycles. The molecule has 560 valence electrons. The summed E-state index contributed by atoms with van der Waals surface area (Å²) in [6, 6.07) is 0. The third-order valence-electron chi connectivity index (χ3n) is 15.1. The highest BCUT2D eigenvalue weighted by Gasteiger charge is 2.30. The number of ether oxygens (including phenoxy) is 4. The van der Waals surface area contributed by atoms with Crippen LogP contribution < -0.4 is 0 Å². The Hall–Kier alpha value is -4.80. The monoisotopic (exact) mass is 1410 g/mol. The maximum absolute atomic E-state index is 13.1. The Kier molecular flexibility index (Phi) is 67.2. The van der Waals surface area contributed by atoms with Crippen LogP contribution in [-0.4, -0.2) is 96.7 Å². The number of aliphatic hydroxyl groups excluding tert-OH is 1. The van der Waals surface area contributed by atoms with Crippen molar-refractivity contribution in [2.75, 3.05) is 39.6 Å². The molecule has 0 aromatic heterocycles. The molecule has 98 heavy (non-hydrogen) atoms. The molecule has 0 spiro atoms. The number of phosphoric acid groups is 2. The Morgan fingerprint density at radius 3 is 0.949 bits per heavy atom. The van der Waals surface area contributed by atoms with Crippen LogP contribution in [0.2, 0.25) is 0 Å². The van der Waals surface area contributed by atoms with E-state index in [2.05, 4.69) is 137 Å². The molecule has 0 saturated heterocycles. The molecule has 0 radical (unpaired) electrons. The average molecular weight is 1420 g/mol. The molecule has 3 N–H and O–H groups in total. The van der Waals surface area contributed by atoms with E-state index < -0.39 is 97.5 Å². The fraction of sp³-hybridized carbons (Fsp3) is 0.671. The summed E-state index contributed by atoms with van der Waals surface area (Å²) < 4.78 is 68.2. The molecule has 5 unspecified atom stereocenters. The van der Waals surface area contributed by atoms with Gasteiger partial charge >= 0.3 is 39.5 Å². The van der Waals surface area contributed by atoms with Crippen molar-refractivity contribution in [1.82, 2.24) is 0 Å². The molecule has 0 aliphatic heterocycles. The maximum atomic E-state index is 13.1. The molecule has 0 bridgehead atoms. The van der Waals surface area contributed by atoms with E-state index in [0.717, 1.165) is 167 Å². The SMILES string of the molecule is CC/C=C\C/C=C\C/C=C\C/C=C\C/C=C\CC(=O)OCC(COP(=O)(O)OCC(O)COP(=O)(O)OCC(COC(=O)CCCCCCCC/C=C\C/C=C\C/C=C\C/C=C\CC)OC(=O)CCCCCCC/C=C\CCCC)OC(=O)CCCCCCC/C=C\CCCCCC. The van der Waals surface area contributed by atoms with Gasteiger partial charge in [0.1, 0.15) is 19.3 Å². The van der Waals surface area contributed by atoms with E-state index in [9.17, 15) is 43.2 Å². The first-order chi connectivity index (χ1) is 47.7. The predicted octanol–water partition coefficient (Wildman–Crippen LogP) is 21.3. The van der Waals surface area contributed by atoms with Crippen LogP contribution in [-0.2, 0) is 65.4 Å². The minimum Gasteiger partial charge on any atom is -0.462 e. The van der Waals surface area contributed by atoms with Gasteiger partial charge < -0.3 is 33.8 Å². The smallest absolute Gasteiger partial charge is 0.462 e. The normalized spacial score (nSPS) is 14.7. The predicted molar refractivity (Wildman–Crippen MR) is 399 cm³/mol. The highest BCUT2D eigenvalue weighted by Crippen LogP contribution is 2.45. The lowest BCUT2D eigenvalue weighted by Crippen LogP contribution is -2.30. The minimum absolute atomic E-state index is 0.0627. The molecular formula is C79H132O17P2. The van der Waals surface area contributed by atoms with Gasteiger partial charge in [0, 0.05) is 19.3 Å². The second-order valence-electron chi connectivity index (χ2n) is 24.5. The van der Waals surface area contributed by atoms with Crippen molar-refractivity contribution in [2.24, 2.45) is 0 Å². The van der Waals surface area contributed by atoms with Crippen LogP contribution in [0.3, 0.4) is 0 Å². The summed E-state index contributed by atoms with van der Waals surface area (Å²) in [7, 11) is -9.98. The van der Waals surface area contributed by atoms with Crippen molar-refractivity contribution in [3.8, 4) is 0 Å². The number of carbonyl (C=O) groups excluding carboxylic acids is 4. The quantitative estimate of drug-likeness (QED) is 0.0169. The van der Waals surface area contributed by atoms with Gasteiger partial charge in [-0.05, 0) is 135 Å². The van der Waals surface area contributed by atoms with Crippen LogP contribution in [0.4, 0.5) is 0 Å². The molecule has 19 heteroatoms. The van der Waals surface area contributed by atoms with Gasteiger partial charge in [0.05, 0.1) is 32.8 Å². The fourth-order valence-electron chi connectivity index (χ4n) is 9.44. The first-order valence-corrected chi connectivity index (χ1v) is 40.4. The molecule has 0 aromatic rings. The lowest BCUT2D eigenvalue weighted by atomic mass is 10.1. The molecule has 0 amide bonds. The number of phosphoric ester groups is 2. The van der Waals surface area contributed by atoms with Gasteiger partial charge in [-0.15, -0.1) is 0 Å². The molecule has 0 fully saturated rings. The third-order valence-corrected chi connectivity index (χ3v) is 17.0. The first-order valence-electron chi connectivity index (χ1n) is 37.4. The van der Waals surface area contributed by atoms with Crippen LogP contribution >= 0.6 is 15.6 Å². The summed E-state index contributed by atoms with van der Waals surface area (Å²) in [5, 5.41) is 10.6. The standard InChI is InChI=1S/C79H132O17P2/c1-5-9-13-17-21-25-29-32-34-35-36-37-39-42-45-48-52-56-60-64-77(82)89-69-74(95-78(83)65-61-57-53-49-43-28-24-20-16-12-8-4)71-93-97(85,86)91-67-73(80)68-92-98(87,88)94-72-75(96-79(84)66-62-58-54-50-46-40-31-27-23-19-15-11-7-3)70-90-76(81)63-59-55-51-47-44-41-38-33-30-26-22-18-14-10-6-2/h9-10,13-14,20-22,24-27,31-34,36-38,44,47,55,59,73-75,80H,5-8,11-12,15-19,23,28-30,35,39-43,45-46,48-54,56-58,60-72H2,1-4H3,(H,85,86)(H,87,88)/b13-9-,14-10-,24-20-,25-21-,26-22-,31-27-,34-32-,37-36-,38-33-,47-44-,59-55-. The summed E-state index contributed by atoms with van der Waals surface area (Å²) in [5.74, 6) is -2.36. The van der Waals surface area contributed by atoms with Crippen molar-refractivity contribution in [1.29, 1.82) is 0 Å². The Labute approximate surface area is 593 Å². The van der Waals surface area contributed by atoms with E-state index in [-0.39, 0.29) is 25.7 Å². The highest BCUT2D eigenvalue weighted by atomic mass is 31.2. The highest BCUT2D eigenvalue weighted by molar-refractivity contribution is 7.47. The Bertz CT molecular complexity index is 2380. The summed E-state index contributed by atoms with van der Waals surface area (Å²) >= 11 is 0. The van der Waals surface area contributed by atoms with Gasteiger partial charge in [-0.1, -0.05) is 258 Å². The van der Waals surface area contributed by atoms with Crippen LogP contribution in [0.25, 0.3) is 0 Å². The van der Waals surface area contributed by atoms with Gasteiger partial charge in [-0.3, -0.25) is 37.3 Å². The summed E-state index contributed by atoms with van der Waals surface area (Å²) in [4.78, 5) is 72.7. The van der Waals surface area contributed by atoms with Gasteiger partial charge in [0.2, 0.25) is 0 Å². The molecule has 0 aromatic carbocycles. The minimum atomic E-state index is -5.00. The Morgan fingerprint density at radius 1 is 0.306 bits per heavy atom. The van der Waals surface area contributed by atoms with E-state index >= 15 is 0 Å². The summed E-state index contributed by atoms with van der Waals surface area (Å²) in [6.45, 7) is 4.42. The van der Waals surface area contributed by atoms with Crippen LogP contribution in [0.1, 0.15) is 285 Å². The largest absolute Gasteiger partial charge is 0.472 e. The zero-order valence-electron chi connectivity index (χ0n) is 60.9. The van der Waals surface area contributed by atoms with Crippen LogP contribution in [0, 0.1) is 0 Å². The van der Waals surface area contributed by atoms with Crippen molar-refractivity contribution < 1.29 is 80.2 Å². The van der Waals surface area contributed by atoms with Crippen molar-refractivity contribution in [2.45, 2.75) is 303 Å². The lowest BCUT2D eigenvalue weighted by Gasteiger charge is -2.21. The molecule has 0 aliphatic carbocycles. The number of hydrogen-bond acceptors (Lipinski definition) is 15. The zero-order valence-corrected chi connectivity index (χ0v) is 62.7. The first kappa shape index (κ1) is 93.2. The molecular weight excluding hydrogens is 1280 g/mol. The van der Waals surface area contributed by atoms with Crippen LogP contribution in [0.15, 0.2) is 134 Å². The van der Waals surface area contributed by atoms with E-state index in [1.165, 1.54) is 38.5 Å². The van der Waals surface area contributed by atoms with Gasteiger partial charge in [0.15, 0.2) is 12.2 Å². The molecule has 17 nitrogen and oxygen atoms in total.